The molecule has 1 aromatic carbocycles. The van der Waals surface area contributed by atoms with Gasteiger partial charge in [0.2, 0.25) is 5.88 Å². The van der Waals surface area contributed by atoms with Gasteiger partial charge >= 0.3 is 0 Å². The molecule has 0 spiro atoms. The van der Waals surface area contributed by atoms with Crippen LogP contribution in [0, 0.1) is 10.1 Å². The van der Waals surface area contributed by atoms with E-state index in [2.05, 4.69) is 9.97 Å². The minimum atomic E-state index is -0.598. The van der Waals surface area contributed by atoms with E-state index in [9.17, 15) is 14.9 Å². The quantitative estimate of drug-likeness (QED) is 0.545. The van der Waals surface area contributed by atoms with E-state index in [1.807, 2.05) is 0 Å². The second-order valence-corrected chi connectivity index (χ2v) is 6.13. The van der Waals surface area contributed by atoms with Gasteiger partial charge in [-0.2, -0.15) is 0 Å². The summed E-state index contributed by atoms with van der Waals surface area (Å²) < 4.78 is 16.0. The number of hydrogen-bond donors (Lipinski definition) is 0. The summed E-state index contributed by atoms with van der Waals surface area (Å²) >= 11 is 0. The minimum absolute atomic E-state index is 0.0315. The molecule has 0 unspecified atom stereocenters. The fourth-order valence-electron chi connectivity index (χ4n) is 3.05. The van der Waals surface area contributed by atoms with Gasteiger partial charge in [0, 0.05) is 44.4 Å². The molecule has 1 aromatic heterocycles. The topological polar surface area (TPSA) is 117 Å². The van der Waals surface area contributed by atoms with Gasteiger partial charge in [-0.05, 0) is 0 Å². The number of nitrogens with zero attached hydrogens (tertiary/aromatic N) is 4. The molecular formula is C18H20N4O6. The Kier molecular flexibility index (Phi) is 5.87. The van der Waals surface area contributed by atoms with Crippen LogP contribution in [0.3, 0.4) is 0 Å². The number of aromatic nitrogens is 2. The molecule has 1 aliphatic heterocycles. The van der Waals surface area contributed by atoms with Crippen LogP contribution in [0.4, 0.5) is 5.69 Å². The number of benzene rings is 1. The molecule has 0 aliphatic carbocycles. The van der Waals surface area contributed by atoms with Crippen LogP contribution >= 0.6 is 0 Å². The maximum Gasteiger partial charge on any atom is 0.286 e. The number of rotatable bonds is 6. The van der Waals surface area contributed by atoms with Crippen molar-refractivity contribution in [2.45, 2.75) is 18.9 Å². The highest BCUT2D eigenvalue weighted by atomic mass is 16.6. The largest absolute Gasteiger partial charge is 0.493 e. The number of piperidine rings is 1. The molecule has 0 bridgehead atoms. The van der Waals surface area contributed by atoms with Crippen molar-refractivity contribution in [1.82, 2.24) is 14.9 Å². The summed E-state index contributed by atoms with van der Waals surface area (Å²) in [7, 11) is 2.79. The van der Waals surface area contributed by atoms with Crippen molar-refractivity contribution in [3.63, 3.8) is 0 Å². The van der Waals surface area contributed by atoms with Gasteiger partial charge in [0.25, 0.3) is 11.6 Å². The second-order valence-electron chi connectivity index (χ2n) is 6.13. The lowest BCUT2D eigenvalue weighted by Crippen LogP contribution is -2.42. The molecule has 1 saturated heterocycles. The van der Waals surface area contributed by atoms with Gasteiger partial charge in [-0.1, -0.05) is 0 Å². The summed E-state index contributed by atoms with van der Waals surface area (Å²) in [4.78, 5) is 33.4. The van der Waals surface area contributed by atoms with E-state index in [1.165, 1.54) is 32.5 Å². The summed E-state index contributed by atoms with van der Waals surface area (Å²) in [5.41, 5.74) is -0.350. The summed E-state index contributed by atoms with van der Waals surface area (Å²) in [6.07, 6.45) is 5.72. The predicted molar refractivity (Wildman–Crippen MR) is 97.8 cm³/mol. The van der Waals surface area contributed by atoms with Crippen LogP contribution in [0.25, 0.3) is 0 Å². The smallest absolute Gasteiger partial charge is 0.286 e. The molecule has 0 N–H and O–H groups in total. The van der Waals surface area contributed by atoms with E-state index in [4.69, 9.17) is 14.2 Å². The Bertz CT molecular complexity index is 853. The van der Waals surface area contributed by atoms with Crippen LogP contribution in [-0.4, -0.2) is 59.1 Å². The molecule has 3 rings (SSSR count). The van der Waals surface area contributed by atoms with Crippen LogP contribution < -0.4 is 14.2 Å². The van der Waals surface area contributed by atoms with E-state index in [-0.39, 0.29) is 28.9 Å². The van der Waals surface area contributed by atoms with Crippen molar-refractivity contribution < 1.29 is 23.9 Å². The number of amides is 1. The number of carbonyl (C=O) groups excluding carboxylic acids is 1. The van der Waals surface area contributed by atoms with Crippen molar-refractivity contribution in [3.05, 3.63) is 46.4 Å². The standard InChI is InChI=1S/C18H20N4O6/c1-26-15-9-13(14(22(24)25)10-16(15)27-2)18(23)21-7-3-12(4-8-21)28-17-11-19-5-6-20-17/h5-6,9-12H,3-4,7-8H2,1-2H3. The lowest BCUT2D eigenvalue weighted by Gasteiger charge is -2.31. The highest BCUT2D eigenvalue weighted by Crippen LogP contribution is 2.35. The molecule has 148 valence electrons. The monoisotopic (exact) mass is 388 g/mol. The number of carbonyl (C=O) groups is 1. The SMILES string of the molecule is COc1cc(C(=O)N2CCC(Oc3cnccn3)CC2)c([N+](=O)[O-])cc1OC. The van der Waals surface area contributed by atoms with Crippen LogP contribution in [0.1, 0.15) is 23.2 Å². The van der Waals surface area contributed by atoms with Crippen molar-refractivity contribution in [1.29, 1.82) is 0 Å². The van der Waals surface area contributed by atoms with E-state index in [0.717, 1.165) is 0 Å². The van der Waals surface area contributed by atoms with Gasteiger partial charge in [0.15, 0.2) is 11.5 Å². The van der Waals surface area contributed by atoms with Gasteiger partial charge in [-0.15, -0.1) is 0 Å². The zero-order valence-corrected chi connectivity index (χ0v) is 15.5. The molecule has 0 radical (unpaired) electrons. The average Bonchev–Trinajstić information content (AvgIpc) is 2.73. The summed E-state index contributed by atoms with van der Waals surface area (Å²) in [5, 5.41) is 11.4. The normalized spacial score (nSPS) is 14.4. The first kappa shape index (κ1) is 19.3. The third kappa shape index (κ3) is 4.11. The summed E-state index contributed by atoms with van der Waals surface area (Å²) in [5.74, 6) is 0.465. The third-order valence-electron chi connectivity index (χ3n) is 4.49. The molecule has 0 saturated carbocycles. The number of likely N-dealkylation sites (tertiary alicyclic amines) is 1. The molecule has 10 nitrogen and oxygen atoms in total. The maximum absolute atomic E-state index is 12.9. The molecule has 2 heterocycles. The van der Waals surface area contributed by atoms with Gasteiger partial charge < -0.3 is 19.1 Å². The maximum atomic E-state index is 12.9. The van der Waals surface area contributed by atoms with Gasteiger partial charge in [-0.3, -0.25) is 19.9 Å². The first-order valence-corrected chi connectivity index (χ1v) is 8.65. The Balaban J connectivity index is 1.73. The molecule has 28 heavy (non-hydrogen) atoms. The van der Waals surface area contributed by atoms with Crippen LogP contribution in [0.15, 0.2) is 30.7 Å². The number of methoxy groups -OCH3 is 2. The lowest BCUT2D eigenvalue weighted by molar-refractivity contribution is -0.385. The molecule has 1 aliphatic rings. The van der Waals surface area contributed by atoms with E-state index < -0.39 is 10.8 Å². The van der Waals surface area contributed by atoms with Crippen molar-refractivity contribution in [2.75, 3.05) is 27.3 Å². The predicted octanol–water partition coefficient (Wildman–Crippen LogP) is 2.09. The summed E-state index contributed by atoms with van der Waals surface area (Å²) in [6.45, 7) is 0.824. The van der Waals surface area contributed by atoms with Crippen molar-refractivity contribution in [3.8, 4) is 17.4 Å². The number of ether oxygens (including phenoxy) is 3. The Morgan fingerprint density at radius 2 is 1.86 bits per heavy atom. The first-order chi connectivity index (χ1) is 13.5. The van der Waals surface area contributed by atoms with Crippen LogP contribution in [0.2, 0.25) is 0 Å². The van der Waals surface area contributed by atoms with Gasteiger partial charge in [0.05, 0.1) is 31.4 Å². The Labute approximate surface area is 161 Å². The van der Waals surface area contributed by atoms with E-state index >= 15 is 0 Å². The number of nitro groups is 1. The molecular weight excluding hydrogens is 368 g/mol. The van der Waals surface area contributed by atoms with Crippen LogP contribution in [-0.2, 0) is 0 Å². The molecule has 2 aromatic rings. The van der Waals surface area contributed by atoms with Crippen molar-refractivity contribution >= 4 is 11.6 Å². The van der Waals surface area contributed by atoms with Crippen LogP contribution in [0.5, 0.6) is 17.4 Å². The molecule has 0 atom stereocenters. The zero-order valence-electron chi connectivity index (χ0n) is 15.5. The number of hydrogen-bond acceptors (Lipinski definition) is 8. The molecule has 1 amide bonds. The highest BCUT2D eigenvalue weighted by Gasteiger charge is 2.31. The Morgan fingerprint density at radius 3 is 2.43 bits per heavy atom. The molecule has 10 heteroatoms. The molecule has 1 fully saturated rings. The first-order valence-electron chi connectivity index (χ1n) is 8.65. The Morgan fingerprint density at radius 1 is 1.18 bits per heavy atom. The number of nitro benzene ring substituents is 1. The average molecular weight is 388 g/mol. The summed E-state index contributed by atoms with van der Waals surface area (Å²) in [6, 6.07) is 2.55. The lowest BCUT2D eigenvalue weighted by atomic mass is 10.0. The van der Waals surface area contributed by atoms with Gasteiger partial charge in [0.1, 0.15) is 11.7 Å². The Hall–Kier alpha value is -3.43. The minimum Gasteiger partial charge on any atom is -0.493 e. The van der Waals surface area contributed by atoms with Crippen molar-refractivity contribution in [2.24, 2.45) is 0 Å². The zero-order chi connectivity index (χ0) is 20.1. The highest BCUT2D eigenvalue weighted by molar-refractivity contribution is 5.99. The van der Waals surface area contributed by atoms with E-state index in [1.54, 1.807) is 17.3 Å². The third-order valence-corrected chi connectivity index (χ3v) is 4.49. The fraction of sp³-hybridized carbons (Fsp3) is 0.389. The fourth-order valence-corrected chi connectivity index (χ4v) is 3.05. The van der Waals surface area contributed by atoms with E-state index in [0.29, 0.717) is 31.8 Å². The van der Waals surface area contributed by atoms with Gasteiger partial charge in [-0.25, -0.2) is 4.98 Å². The second kappa shape index (κ2) is 8.51.